The molecule has 8 nitrogen and oxygen atoms in total. The molecule has 0 aliphatic carbocycles. The summed E-state index contributed by atoms with van der Waals surface area (Å²) in [6.45, 7) is 6.07. The first-order valence-electron chi connectivity index (χ1n) is 9.68. The number of ether oxygens (including phenoxy) is 1. The molecule has 0 unspecified atom stereocenters. The zero-order chi connectivity index (χ0) is 20.6. The van der Waals surface area contributed by atoms with Gasteiger partial charge in [-0.15, -0.1) is 0 Å². The van der Waals surface area contributed by atoms with Crippen molar-refractivity contribution in [2.75, 3.05) is 6.54 Å². The number of guanidine groups is 1. The summed E-state index contributed by atoms with van der Waals surface area (Å²) in [6.07, 6.45) is 0.660. The zero-order valence-corrected chi connectivity index (χ0v) is 18.0. The molecule has 152 valence electrons. The summed E-state index contributed by atoms with van der Waals surface area (Å²) in [5, 5.41) is 7.02. The van der Waals surface area contributed by atoms with Crippen molar-refractivity contribution in [3.05, 3.63) is 34.4 Å². The van der Waals surface area contributed by atoms with Gasteiger partial charge >= 0.3 is 6.09 Å². The maximum absolute atomic E-state index is 13.4. The Morgan fingerprint density at radius 2 is 2.14 bits per heavy atom. The van der Waals surface area contributed by atoms with Crippen molar-refractivity contribution in [1.29, 1.82) is 0 Å². The zero-order valence-electron chi connectivity index (χ0n) is 16.5. The lowest BCUT2D eigenvalue weighted by molar-refractivity contribution is 0.0333. The Morgan fingerprint density at radius 1 is 1.38 bits per heavy atom. The van der Waals surface area contributed by atoms with Crippen molar-refractivity contribution in [2.24, 2.45) is 4.99 Å². The predicted molar refractivity (Wildman–Crippen MR) is 112 cm³/mol. The average Bonchev–Trinajstić information content (AvgIpc) is 3.29. The highest BCUT2D eigenvalue weighted by atomic mass is 79.9. The summed E-state index contributed by atoms with van der Waals surface area (Å²) in [6, 6.07) is 7.88. The lowest BCUT2D eigenvalue weighted by Gasteiger charge is -2.44. The molecule has 1 fully saturated rings. The molecule has 2 amide bonds. The van der Waals surface area contributed by atoms with E-state index in [1.165, 1.54) is 0 Å². The maximum Gasteiger partial charge on any atom is 0.414 e. The van der Waals surface area contributed by atoms with Gasteiger partial charge in [-0.05, 0) is 55.6 Å². The number of rotatable bonds is 0. The summed E-state index contributed by atoms with van der Waals surface area (Å²) >= 11 is 3.63. The molecule has 1 saturated heterocycles. The van der Waals surface area contributed by atoms with Crippen LogP contribution in [0.2, 0.25) is 0 Å². The molecule has 29 heavy (non-hydrogen) atoms. The molecule has 2 atom stereocenters. The van der Waals surface area contributed by atoms with Gasteiger partial charge in [0.1, 0.15) is 11.3 Å². The number of fused-ring (bicyclic) bond motifs is 4. The molecule has 1 aromatic carbocycles. The van der Waals surface area contributed by atoms with Crippen LogP contribution in [0.5, 0.6) is 0 Å². The molecule has 1 aromatic heterocycles. The van der Waals surface area contributed by atoms with E-state index in [1.807, 2.05) is 54.5 Å². The first-order valence-corrected chi connectivity index (χ1v) is 10.5. The first-order chi connectivity index (χ1) is 13.7. The molecule has 2 N–H and O–H groups in total. The smallest absolute Gasteiger partial charge is 0.414 e. The Labute approximate surface area is 176 Å². The van der Waals surface area contributed by atoms with Crippen LogP contribution in [0.25, 0.3) is 10.9 Å². The number of nitrogens with zero attached hydrogens (tertiary/aromatic N) is 3. The van der Waals surface area contributed by atoms with Gasteiger partial charge in [-0.3, -0.25) is 10.1 Å². The molecule has 0 bridgehead atoms. The number of carbonyl (C=O) groups is 2. The molecule has 1 spiro atoms. The lowest BCUT2D eigenvalue weighted by Crippen LogP contribution is -2.64. The largest absolute Gasteiger partial charge is 0.444 e. The van der Waals surface area contributed by atoms with Gasteiger partial charge in [-0.1, -0.05) is 18.2 Å². The second-order valence-electron chi connectivity index (χ2n) is 8.64. The minimum Gasteiger partial charge on any atom is -0.444 e. The van der Waals surface area contributed by atoms with Gasteiger partial charge in [-0.25, -0.2) is 9.79 Å². The second-order valence-corrected chi connectivity index (χ2v) is 9.43. The maximum atomic E-state index is 13.4. The van der Waals surface area contributed by atoms with E-state index >= 15 is 0 Å². The van der Waals surface area contributed by atoms with Gasteiger partial charge in [0.15, 0.2) is 11.8 Å². The predicted octanol–water partition coefficient (Wildman–Crippen LogP) is 3.33. The third-order valence-corrected chi connectivity index (χ3v) is 6.40. The van der Waals surface area contributed by atoms with Gasteiger partial charge in [0, 0.05) is 11.9 Å². The van der Waals surface area contributed by atoms with Crippen LogP contribution in [-0.2, 0) is 4.74 Å². The summed E-state index contributed by atoms with van der Waals surface area (Å²) in [7, 11) is 0. The average molecular weight is 460 g/mol. The summed E-state index contributed by atoms with van der Waals surface area (Å²) in [5.74, 6) is 0.286. The van der Waals surface area contributed by atoms with Crippen LogP contribution in [0.4, 0.5) is 4.79 Å². The first kappa shape index (κ1) is 18.5. The molecule has 9 heteroatoms. The highest BCUT2D eigenvalue weighted by Gasteiger charge is 2.59. The lowest BCUT2D eigenvalue weighted by atomic mass is 10.0. The van der Waals surface area contributed by atoms with Crippen molar-refractivity contribution < 1.29 is 14.3 Å². The number of halogens is 1. The number of alkyl carbamates (subject to hydrolysis) is 1. The van der Waals surface area contributed by atoms with Crippen molar-refractivity contribution in [3.63, 3.8) is 0 Å². The van der Waals surface area contributed by atoms with Crippen molar-refractivity contribution >= 4 is 44.8 Å². The van der Waals surface area contributed by atoms with E-state index in [2.05, 4.69) is 26.6 Å². The third kappa shape index (κ3) is 2.59. The Balaban J connectivity index is 1.61. The van der Waals surface area contributed by atoms with Crippen LogP contribution in [0.1, 0.15) is 50.3 Å². The number of carbonyl (C=O) groups excluding carboxylic acids is 2. The summed E-state index contributed by atoms with van der Waals surface area (Å²) in [5.41, 5.74) is 0.231. The van der Waals surface area contributed by atoms with E-state index in [9.17, 15) is 9.59 Å². The number of nitrogens with one attached hydrogen (secondary N) is 2. The highest BCUT2D eigenvalue weighted by molar-refractivity contribution is 9.10. The number of benzene rings is 1. The number of aliphatic imine (C=N–C) groups is 1. The standard InChI is InChI=1S/C20H22BrN5O3/c1-19(2,3)29-18(28)23-17-22-16-20(24-17)9-6-10-25(20)15(27)14-13(21)11-7-4-5-8-12(11)26(14)16/h4-5,7-8,16H,6,9-10H2,1-3H3,(H2,22,23,24,28)/t16-,20+/m0/s1. The van der Waals surface area contributed by atoms with Crippen LogP contribution in [0.15, 0.2) is 33.7 Å². The highest BCUT2D eigenvalue weighted by Crippen LogP contribution is 2.49. The number of aromatic nitrogens is 1. The molecule has 5 rings (SSSR count). The topological polar surface area (TPSA) is 88.0 Å². The third-order valence-electron chi connectivity index (χ3n) is 5.60. The number of amides is 2. The number of hydrogen-bond donors (Lipinski definition) is 2. The van der Waals surface area contributed by atoms with Crippen molar-refractivity contribution in [3.8, 4) is 0 Å². The normalized spacial score (nSPS) is 25.2. The molecule has 3 aliphatic heterocycles. The molecule has 3 aliphatic rings. The van der Waals surface area contributed by atoms with Crippen LogP contribution in [-0.4, -0.2) is 45.2 Å². The Morgan fingerprint density at radius 3 is 2.90 bits per heavy atom. The fraction of sp³-hybridized carbons (Fsp3) is 0.450. The van der Waals surface area contributed by atoms with Crippen LogP contribution in [0.3, 0.4) is 0 Å². The van der Waals surface area contributed by atoms with Crippen LogP contribution < -0.4 is 10.6 Å². The van der Waals surface area contributed by atoms with E-state index in [0.717, 1.165) is 28.2 Å². The Kier molecular flexibility index (Phi) is 3.81. The Bertz CT molecular complexity index is 1090. The van der Waals surface area contributed by atoms with Crippen molar-refractivity contribution in [1.82, 2.24) is 20.1 Å². The summed E-state index contributed by atoms with van der Waals surface area (Å²) in [4.78, 5) is 32.3. The fourth-order valence-corrected chi connectivity index (χ4v) is 5.29. The second kappa shape index (κ2) is 5.98. The molecule has 0 saturated carbocycles. The van der Waals surface area contributed by atoms with Crippen molar-refractivity contribution in [2.45, 2.75) is 51.0 Å². The minimum atomic E-state index is -0.685. The SMILES string of the molecule is CC(C)(C)OC(=O)NC1=N[C@H]2n3c(c(Br)c4ccccc43)C(=O)N3CCC[C@]23N1. The fourth-order valence-electron chi connectivity index (χ4n) is 4.59. The van der Waals surface area contributed by atoms with Gasteiger partial charge in [0.25, 0.3) is 5.91 Å². The number of hydrogen-bond acceptors (Lipinski definition) is 5. The number of para-hydroxylation sites is 1. The van der Waals surface area contributed by atoms with Gasteiger partial charge in [0.05, 0.1) is 9.99 Å². The molecular formula is C20H22BrN5O3. The van der Waals surface area contributed by atoms with Crippen LogP contribution in [0, 0.1) is 0 Å². The molecular weight excluding hydrogens is 438 g/mol. The van der Waals surface area contributed by atoms with E-state index in [4.69, 9.17) is 9.73 Å². The van der Waals surface area contributed by atoms with E-state index in [1.54, 1.807) is 0 Å². The molecule has 2 aromatic rings. The quantitative estimate of drug-likeness (QED) is 0.632. The van der Waals surface area contributed by atoms with E-state index in [-0.39, 0.29) is 12.1 Å². The Hall–Kier alpha value is -2.55. The van der Waals surface area contributed by atoms with Crippen LogP contribution >= 0.6 is 15.9 Å². The molecule has 0 radical (unpaired) electrons. The monoisotopic (exact) mass is 459 g/mol. The van der Waals surface area contributed by atoms with Gasteiger partial charge < -0.3 is 19.5 Å². The minimum absolute atomic E-state index is 0.0388. The summed E-state index contributed by atoms with van der Waals surface area (Å²) < 4.78 is 8.13. The van der Waals surface area contributed by atoms with Gasteiger partial charge in [0.2, 0.25) is 5.96 Å². The molecule has 4 heterocycles. The van der Waals surface area contributed by atoms with Gasteiger partial charge in [-0.2, -0.15) is 0 Å². The van der Waals surface area contributed by atoms with E-state index < -0.39 is 17.4 Å². The van der Waals surface area contributed by atoms with E-state index in [0.29, 0.717) is 18.2 Å².